The number of thiazole rings is 1. The lowest BCUT2D eigenvalue weighted by Gasteiger charge is -2.08. The smallest absolute Gasteiger partial charge is 0.372 e. The molecule has 22 heavy (non-hydrogen) atoms. The Morgan fingerprint density at radius 3 is 2.77 bits per heavy atom. The number of ether oxygens (including phenoxy) is 1. The first-order valence-corrected chi connectivity index (χ1v) is 7.40. The molecule has 0 amide bonds. The van der Waals surface area contributed by atoms with Gasteiger partial charge in [0, 0.05) is 18.1 Å². The Labute approximate surface area is 128 Å². The van der Waals surface area contributed by atoms with E-state index in [1.54, 1.807) is 5.38 Å². The van der Waals surface area contributed by atoms with Crippen LogP contribution in [0.3, 0.4) is 0 Å². The Bertz CT molecular complexity index is 696. The van der Waals surface area contributed by atoms with Crippen molar-refractivity contribution in [2.45, 2.75) is 32.7 Å². The van der Waals surface area contributed by atoms with Crippen LogP contribution in [0.1, 0.15) is 36.3 Å². The highest BCUT2D eigenvalue weighted by molar-refractivity contribution is 7.09. The maximum Gasteiger partial charge on any atom is 0.435 e. The van der Waals surface area contributed by atoms with Gasteiger partial charge in [0.2, 0.25) is 0 Å². The van der Waals surface area contributed by atoms with Crippen LogP contribution in [0.15, 0.2) is 22.3 Å². The highest BCUT2D eigenvalue weighted by Crippen LogP contribution is 2.26. The minimum absolute atomic E-state index is 0.113. The predicted octanol–water partition coefficient (Wildman–Crippen LogP) is 2.86. The van der Waals surface area contributed by atoms with Crippen molar-refractivity contribution in [3.05, 3.63) is 44.3 Å². The van der Waals surface area contributed by atoms with Crippen molar-refractivity contribution in [2.24, 2.45) is 0 Å². The zero-order chi connectivity index (χ0) is 16.3. The van der Waals surface area contributed by atoms with Gasteiger partial charge in [0.1, 0.15) is 11.1 Å². The van der Waals surface area contributed by atoms with Gasteiger partial charge in [-0.05, 0) is 19.9 Å². The van der Waals surface area contributed by atoms with Crippen molar-refractivity contribution in [1.82, 2.24) is 14.8 Å². The van der Waals surface area contributed by atoms with Gasteiger partial charge in [-0.1, -0.05) is 0 Å². The molecule has 0 unspecified atom stereocenters. The number of nitrogens with zero attached hydrogens (tertiary/aromatic N) is 3. The first kappa shape index (κ1) is 16.6. The molecule has 0 aromatic carbocycles. The van der Waals surface area contributed by atoms with Crippen LogP contribution in [0.4, 0.5) is 13.2 Å². The van der Waals surface area contributed by atoms with Gasteiger partial charge in [-0.15, -0.1) is 11.3 Å². The highest BCUT2D eigenvalue weighted by atomic mass is 32.1. The van der Waals surface area contributed by atoms with Crippen molar-refractivity contribution in [3.8, 4) is 0 Å². The van der Waals surface area contributed by atoms with Crippen LogP contribution in [0, 0.1) is 0 Å². The first-order chi connectivity index (χ1) is 10.3. The van der Waals surface area contributed by atoms with Crippen LogP contribution >= 0.6 is 11.3 Å². The van der Waals surface area contributed by atoms with E-state index in [-0.39, 0.29) is 12.6 Å². The second-order valence-electron chi connectivity index (χ2n) is 4.49. The molecule has 2 aromatic heterocycles. The number of alkyl halides is 3. The molecule has 2 heterocycles. The fourth-order valence-electron chi connectivity index (χ4n) is 1.77. The van der Waals surface area contributed by atoms with E-state index >= 15 is 0 Å². The zero-order valence-corrected chi connectivity index (χ0v) is 12.7. The molecular formula is C13H14F3N3O2S. The average Bonchev–Trinajstić information content (AvgIpc) is 2.89. The third-order valence-corrected chi connectivity index (χ3v) is 3.86. The summed E-state index contributed by atoms with van der Waals surface area (Å²) in [5.41, 5.74) is -1.24. The number of hydrogen-bond donors (Lipinski definition) is 0. The first-order valence-electron chi connectivity index (χ1n) is 6.52. The van der Waals surface area contributed by atoms with Crippen LogP contribution in [-0.4, -0.2) is 21.4 Å². The van der Waals surface area contributed by atoms with Crippen molar-refractivity contribution >= 4 is 11.3 Å². The summed E-state index contributed by atoms with van der Waals surface area (Å²) in [6.45, 7) is 4.11. The number of hydrogen-bond acceptors (Lipinski definition) is 5. The summed E-state index contributed by atoms with van der Waals surface area (Å²) in [5, 5.41) is 5.73. The summed E-state index contributed by atoms with van der Waals surface area (Å²) < 4.78 is 44.0. The molecule has 0 saturated carbocycles. The molecular weight excluding hydrogens is 319 g/mol. The molecule has 0 spiro atoms. The molecule has 0 bridgehead atoms. The van der Waals surface area contributed by atoms with E-state index in [1.807, 2.05) is 13.8 Å². The maximum absolute atomic E-state index is 12.6. The van der Waals surface area contributed by atoms with Crippen molar-refractivity contribution in [1.29, 1.82) is 0 Å². The maximum atomic E-state index is 12.6. The summed E-state index contributed by atoms with van der Waals surface area (Å²) in [6.07, 6.45) is -4.79. The second kappa shape index (κ2) is 6.57. The van der Waals surface area contributed by atoms with Crippen molar-refractivity contribution < 1.29 is 17.9 Å². The second-order valence-corrected chi connectivity index (χ2v) is 5.38. The standard InChI is InChI=1S/C13H14F3N3O2S/c1-3-21-8(2)12-17-9(7-22-12)6-19-11(20)5-4-10(18-19)13(14,15)16/h4-5,7-8H,3,6H2,1-2H3/t8-/m0/s1. The Kier molecular flexibility index (Phi) is 4.97. The fourth-order valence-corrected chi connectivity index (χ4v) is 2.58. The number of aromatic nitrogens is 3. The van der Waals surface area contributed by atoms with Gasteiger partial charge < -0.3 is 4.74 Å². The van der Waals surface area contributed by atoms with E-state index in [9.17, 15) is 18.0 Å². The van der Waals surface area contributed by atoms with Gasteiger partial charge in [-0.2, -0.15) is 18.3 Å². The summed E-state index contributed by atoms with van der Waals surface area (Å²) in [6, 6.07) is 1.52. The van der Waals surface area contributed by atoms with Gasteiger partial charge in [-0.25, -0.2) is 9.67 Å². The third kappa shape index (κ3) is 3.92. The normalized spacial score (nSPS) is 13.3. The van der Waals surface area contributed by atoms with Crippen LogP contribution in [-0.2, 0) is 17.5 Å². The van der Waals surface area contributed by atoms with E-state index < -0.39 is 17.4 Å². The lowest BCUT2D eigenvalue weighted by atomic mass is 10.4. The van der Waals surface area contributed by atoms with E-state index in [0.29, 0.717) is 23.4 Å². The monoisotopic (exact) mass is 333 g/mol. The third-order valence-electron chi connectivity index (χ3n) is 2.80. The Morgan fingerprint density at radius 1 is 1.41 bits per heavy atom. The van der Waals surface area contributed by atoms with E-state index in [4.69, 9.17) is 4.74 Å². The minimum Gasteiger partial charge on any atom is -0.372 e. The molecule has 0 aliphatic rings. The van der Waals surface area contributed by atoms with Gasteiger partial charge in [0.15, 0.2) is 5.69 Å². The molecule has 0 fully saturated rings. The van der Waals surface area contributed by atoms with Gasteiger partial charge in [-0.3, -0.25) is 4.79 Å². The number of rotatable bonds is 5. The van der Waals surface area contributed by atoms with Crippen LogP contribution in [0.25, 0.3) is 0 Å². The molecule has 2 rings (SSSR count). The van der Waals surface area contributed by atoms with Crippen LogP contribution < -0.4 is 5.56 Å². The lowest BCUT2D eigenvalue weighted by molar-refractivity contribution is -0.142. The molecule has 1 atom stereocenters. The number of halogens is 3. The zero-order valence-electron chi connectivity index (χ0n) is 11.9. The summed E-state index contributed by atoms with van der Waals surface area (Å²) in [4.78, 5) is 15.9. The predicted molar refractivity (Wildman–Crippen MR) is 74.8 cm³/mol. The summed E-state index contributed by atoms with van der Waals surface area (Å²) >= 11 is 1.33. The van der Waals surface area contributed by atoms with E-state index in [2.05, 4.69) is 10.1 Å². The topological polar surface area (TPSA) is 57.0 Å². The Morgan fingerprint density at radius 2 is 2.14 bits per heavy atom. The van der Waals surface area contributed by atoms with Crippen LogP contribution in [0.2, 0.25) is 0 Å². The summed E-state index contributed by atoms with van der Waals surface area (Å²) in [7, 11) is 0. The van der Waals surface area contributed by atoms with E-state index in [1.165, 1.54) is 11.3 Å². The van der Waals surface area contributed by atoms with E-state index in [0.717, 1.165) is 10.7 Å². The Balaban J connectivity index is 2.22. The molecule has 5 nitrogen and oxygen atoms in total. The van der Waals surface area contributed by atoms with Gasteiger partial charge >= 0.3 is 6.18 Å². The Hall–Kier alpha value is -1.74. The van der Waals surface area contributed by atoms with Gasteiger partial charge in [0.25, 0.3) is 5.56 Å². The van der Waals surface area contributed by atoms with Crippen molar-refractivity contribution in [2.75, 3.05) is 6.61 Å². The van der Waals surface area contributed by atoms with Gasteiger partial charge in [0.05, 0.1) is 12.2 Å². The minimum atomic E-state index is -4.59. The molecule has 0 aliphatic carbocycles. The fraction of sp³-hybridized carbons (Fsp3) is 0.462. The molecule has 0 saturated heterocycles. The lowest BCUT2D eigenvalue weighted by Crippen LogP contribution is -2.26. The largest absolute Gasteiger partial charge is 0.435 e. The molecule has 0 N–H and O–H groups in total. The molecule has 120 valence electrons. The highest BCUT2D eigenvalue weighted by Gasteiger charge is 2.33. The SMILES string of the molecule is CCO[C@@H](C)c1nc(Cn2nc(C(F)(F)F)ccc2=O)cs1. The quantitative estimate of drug-likeness (QED) is 0.844. The summed E-state index contributed by atoms with van der Waals surface area (Å²) in [5.74, 6) is 0. The molecule has 0 radical (unpaired) electrons. The molecule has 0 aliphatic heterocycles. The average molecular weight is 333 g/mol. The molecule has 9 heteroatoms. The molecule has 2 aromatic rings. The van der Waals surface area contributed by atoms with Crippen molar-refractivity contribution in [3.63, 3.8) is 0 Å². The van der Waals surface area contributed by atoms with Crippen LogP contribution in [0.5, 0.6) is 0 Å².